The van der Waals surface area contributed by atoms with Crippen LogP contribution < -0.4 is 0 Å². The molecule has 2 aliphatic heterocycles. The number of ketones is 1. The molecule has 0 bridgehead atoms. The largest absolute Gasteiger partial charge is 0.416 e. The first-order valence-corrected chi connectivity index (χ1v) is 9.14. The van der Waals surface area contributed by atoms with E-state index < -0.39 is 11.7 Å². The molecule has 28 heavy (non-hydrogen) atoms. The summed E-state index contributed by atoms with van der Waals surface area (Å²) in [5, 5.41) is 0. The summed E-state index contributed by atoms with van der Waals surface area (Å²) >= 11 is 0. The van der Waals surface area contributed by atoms with Gasteiger partial charge in [0.15, 0.2) is 0 Å². The van der Waals surface area contributed by atoms with E-state index in [4.69, 9.17) is 4.74 Å². The fourth-order valence-electron chi connectivity index (χ4n) is 4.14. The van der Waals surface area contributed by atoms with Crippen LogP contribution >= 0.6 is 0 Å². The number of ether oxygens (including phenoxy) is 1. The Labute approximate surface area is 159 Å². The number of nitrogens with zero attached hydrogens (tertiary/aromatic N) is 1. The van der Waals surface area contributed by atoms with Crippen molar-refractivity contribution in [1.29, 1.82) is 0 Å². The van der Waals surface area contributed by atoms with Gasteiger partial charge in [-0.15, -0.1) is 0 Å². The lowest BCUT2D eigenvalue weighted by Crippen LogP contribution is -2.05. The number of alkyl halides is 3. The molecule has 2 aliphatic rings. The highest BCUT2D eigenvalue weighted by Crippen LogP contribution is 2.44. The number of benzene rings is 2. The van der Waals surface area contributed by atoms with E-state index in [-0.39, 0.29) is 11.9 Å². The van der Waals surface area contributed by atoms with Crippen molar-refractivity contribution in [2.45, 2.75) is 25.1 Å². The van der Waals surface area contributed by atoms with Crippen molar-refractivity contribution in [3.63, 3.8) is 0 Å². The Morgan fingerprint density at radius 1 is 1.04 bits per heavy atom. The van der Waals surface area contributed by atoms with Crippen LogP contribution in [0.25, 0.3) is 16.8 Å². The highest BCUT2D eigenvalue weighted by Gasteiger charge is 2.36. The quantitative estimate of drug-likeness (QED) is 0.454. The number of fused-ring (bicyclic) bond motifs is 3. The van der Waals surface area contributed by atoms with Gasteiger partial charge in [0.25, 0.3) is 0 Å². The summed E-state index contributed by atoms with van der Waals surface area (Å²) in [6, 6.07) is 12.3. The minimum atomic E-state index is -4.40. The predicted octanol–water partition coefficient (Wildman–Crippen LogP) is 5.56. The van der Waals surface area contributed by atoms with E-state index >= 15 is 0 Å². The van der Waals surface area contributed by atoms with Gasteiger partial charge >= 0.3 is 6.18 Å². The molecule has 0 saturated carbocycles. The van der Waals surface area contributed by atoms with E-state index in [1.54, 1.807) is 6.07 Å². The molecule has 1 saturated heterocycles. The molecule has 1 fully saturated rings. The van der Waals surface area contributed by atoms with Crippen molar-refractivity contribution in [3.05, 3.63) is 77.1 Å². The van der Waals surface area contributed by atoms with Gasteiger partial charge in [0.2, 0.25) is 5.78 Å². The van der Waals surface area contributed by atoms with Crippen LogP contribution in [0.15, 0.2) is 54.7 Å². The number of hydrogen-bond donors (Lipinski definition) is 0. The topological polar surface area (TPSA) is 31.2 Å². The normalized spacial score (nSPS) is 18.4. The van der Waals surface area contributed by atoms with Crippen molar-refractivity contribution in [1.82, 2.24) is 4.57 Å². The average Bonchev–Trinajstić information content (AvgIpc) is 3.39. The van der Waals surface area contributed by atoms with Gasteiger partial charge in [0.1, 0.15) is 5.69 Å². The van der Waals surface area contributed by atoms with Gasteiger partial charge in [-0.05, 0) is 42.7 Å². The molecule has 0 spiro atoms. The van der Waals surface area contributed by atoms with E-state index in [1.165, 1.54) is 12.1 Å². The predicted molar refractivity (Wildman–Crippen MR) is 97.6 cm³/mol. The summed E-state index contributed by atoms with van der Waals surface area (Å²) in [6.45, 7) is 0.641. The highest BCUT2D eigenvalue weighted by molar-refractivity contribution is 6.17. The second kappa shape index (κ2) is 6.07. The molecule has 3 heterocycles. The van der Waals surface area contributed by atoms with Crippen molar-refractivity contribution in [3.8, 4) is 16.8 Å². The van der Waals surface area contributed by atoms with Crippen LogP contribution in [0.4, 0.5) is 13.2 Å². The monoisotopic (exact) mass is 383 g/mol. The fraction of sp³-hybridized carbons (Fsp3) is 0.227. The molecule has 6 heteroatoms. The summed E-state index contributed by atoms with van der Waals surface area (Å²) in [4.78, 5) is 13.1. The number of aromatic nitrogens is 1. The van der Waals surface area contributed by atoms with Crippen molar-refractivity contribution in [2.75, 3.05) is 6.61 Å². The third-order valence-corrected chi connectivity index (χ3v) is 5.44. The van der Waals surface area contributed by atoms with Gasteiger partial charge in [-0.3, -0.25) is 4.79 Å². The summed E-state index contributed by atoms with van der Waals surface area (Å²) in [5.41, 5.74) is 3.29. The summed E-state index contributed by atoms with van der Waals surface area (Å²) < 4.78 is 46.6. The van der Waals surface area contributed by atoms with Gasteiger partial charge < -0.3 is 9.30 Å². The molecule has 1 atom stereocenters. The zero-order valence-electron chi connectivity index (χ0n) is 14.8. The third kappa shape index (κ3) is 2.52. The Hall–Kier alpha value is -2.86. The second-order valence-corrected chi connectivity index (χ2v) is 7.10. The average molecular weight is 383 g/mol. The number of rotatable bonds is 2. The van der Waals surface area contributed by atoms with Gasteiger partial charge in [0.05, 0.1) is 17.4 Å². The van der Waals surface area contributed by atoms with Crippen LogP contribution in [0.5, 0.6) is 0 Å². The van der Waals surface area contributed by atoms with Crippen LogP contribution in [0, 0.1) is 0 Å². The lowest BCUT2D eigenvalue weighted by Gasteiger charge is -2.13. The number of halogens is 3. The molecular weight excluding hydrogens is 367 g/mol. The van der Waals surface area contributed by atoms with E-state index in [0.717, 1.165) is 36.2 Å². The lowest BCUT2D eigenvalue weighted by atomic mass is 9.94. The molecule has 1 unspecified atom stereocenters. The van der Waals surface area contributed by atoms with Crippen LogP contribution in [0.2, 0.25) is 0 Å². The summed E-state index contributed by atoms with van der Waals surface area (Å²) in [7, 11) is 0. The Balaban J connectivity index is 1.71. The summed E-state index contributed by atoms with van der Waals surface area (Å²) in [6.07, 6.45) is -0.905. The molecule has 0 aliphatic carbocycles. The van der Waals surface area contributed by atoms with Gasteiger partial charge in [0, 0.05) is 29.5 Å². The first-order chi connectivity index (χ1) is 13.4. The Morgan fingerprint density at radius 2 is 1.79 bits per heavy atom. The Morgan fingerprint density at radius 3 is 2.46 bits per heavy atom. The molecule has 5 rings (SSSR count). The highest BCUT2D eigenvalue weighted by atomic mass is 19.4. The minimum Gasteiger partial charge on any atom is -0.373 e. The molecule has 0 amide bonds. The third-order valence-electron chi connectivity index (χ3n) is 5.44. The molecule has 1 aromatic heterocycles. The zero-order chi connectivity index (χ0) is 19.5. The van der Waals surface area contributed by atoms with Gasteiger partial charge in [-0.25, -0.2) is 0 Å². The maximum absolute atomic E-state index is 13.1. The van der Waals surface area contributed by atoms with E-state index in [9.17, 15) is 18.0 Å². The van der Waals surface area contributed by atoms with Crippen molar-refractivity contribution >= 4 is 5.78 Å². The standard InChI is InChI=1S/C22H16F3NO2/c23-22(24,25)14-9-7-13(8-10-14)19-16(18-6-3-11-28-18)12-26-17-5-2-1-4-15(17)21(27)20(19)26/h1-2,4-5,7-10,12,18H,3,6,11H2. The summed E-state index contributed by atoms with van der Waals surface area (Å²) in [5.74, 6) is -0.116. The van der Waals surface area contributed by atoms with Crippen LogP contribution in [-0.2, 0) is 10.9 Å². The number of carbonyl (C=O) groups is 1. The van der Waals surface area contributed by atoms with Crippen LogP contribution in [0.3, 0.4) is 0 Å². The van der Waals surface area contributed by atoms with E-state index in [0.29, 0.717) is 29.0 Å². The van der Waals surface area contributed by atoms with Crippen molar-refractivity contribution < 1.29 is 22.7 Å². The number of para-hydroxylation sites is 1. The zero-order valence-corrected chi connectivity index (χ0v) is 14.8. The first-order valence-electron chi connectivity index (χ1n) is 9.14. The molecule has 0 N–H and O–H groups in total. The van der Waals surface area contributed by atoms with E-state index in [2.05, 4.69) is 0 Å². The maximum atomic E-state index is 13.1. The Kier molecular flexibility index (Phi) is 3.74. The minimum absolute atomic E-state index is 0.116. The Bertz CT molecular complexity index is 1070. The SMILES string of the molecule is O=C1c2ccccc2-n2cc(C3CCCO3)c(-c3ccc(C(F)(F)F)cc3)c21. The fourth-order valence-corrected chi connectivity index (χ4v) is 4.14. The maximum Gasteiger partial charge on any atom is 0.416 e. The lowest BCUT2D eigenvalue weighted by molar-refractivity contribution is -0.137. The molecule has 2 aromatic carbocycles. The van der Waals surface area contributed by atoms with Crippen LogP contribution in [0.1, 0.15) is 46.1 Å². The second-order valence-electron chi connectivity index (χ2n) is 7.10. The molecular formula is C22H16F3NO2. The van der Waals surface area contributed by atoms with Crippen LogP contribution in [-0.4, -0.2) is 17.0 Å². The van der Waals surface area contributed by atoms with Gasteiger partial charge in [-0.2, -0.15) is 13.2 Å². The molecule has 0 radical (unpaired) electrons. The van der Waals surface area contributed by atoms with Crippen molar-refractivity contribution in [2.24, 2.45) is 0 Å². The van der Waals surface area contributed by atoms with E-state index in [1.807, 2.05) is 29.0 Å². The molecule has 142 valence electrons. The molecule has 3 nitrogen and oxygen atoms in total. The smallest absolute Gasteiger partial charge is 0.373 e. The molecule has 3 aromatic rings. The first kappa shape index (κ1) is 17.3. The number of carbonyl (C=O) groups excluding carboxylic acids is 1. The van der Waals surface area contributed by atoms with Gasteiger partial charge in [-0.1, -0.05) is 24.3 Å². The number of hydrogen-bond acceptors (Lipinski definition) is 2.